The minimum absolute atomic E-state index is 0.239. The van der Waals surface area contributed by atoms with Crippen LogP contribution in [0.2, 0.25) is 10.0 Å². The number of carbonyl (C=O) groups is 2. The van der Waals surface area contributed by atoms with Crippen molar-refractivity contribution in [3.63, 3.8) is 0 Å². The van der Waals surface area contributed by atoms with Crippen molar-refractivity contribution in [3.8, 4) is 0 Å². The van der Waals surface area contributed by atoms with E-state index in [0.717, 1.165) is 0 Å². The highest BCUT2D eigenvalue weighted by atomic mass is 35.5. The van der Waals surface area contributed by atoms with Gasteiger partial charge in [0.1, 0.15) is 5.60 Å². The first-order chi connectivity index (χ1) is 10.2. The summed E-state index contributed by atoms with van der Waals surface area (Å²) in [6.45, 7) is 5.79. The molecule has 3 amide bonds. The van der Waals surface area contributed by atoms with Crippen LogP contribution in [0.3, 0.4) is 0 Å². The normalized spacial score (nSPS) is 10.8. The second-order valence-electron chi connectivity index (χ2n) is 5.41. The number of hydrogen-bond donors (Lipinski definition) is 3. The molecule has 0 unspecified atom stereocenters. The molecule has 0 aliphatic heterocycles. The lowest BCUT2D eigenvalue weighted by molar-refractivity contribution is 0.0528. The minimum atomic E-state index is -0.557. The number of amides is 3. The molecule has 1 aromatic carbocycles. The highest BCUT2D eigenvalue weighted by Crippen LogP contribution is 2.29. The summed E-state index contributed by atoms with van der Waals surface area (Å²) in [5.74, 6) is 0. The molecular formula is C14H19Cl2N3O3. The van der Waals surface area contributed by atoms with Crippen molar-refractivity contribution in [2.24, 2.45) is 0 Å². The molecule has 3 N–H and O–H groups in total. The maximum absolute atomic E-state index is 11.7. The van der Waals surface area contributed by atoms with Crippen molar-refractivity contribution < 1.29 is 14.3 Å². The van der Waals surface area contributed by atoms with E-state index in [2.05, 4.69) is 16.0 Å². The Morgan fingerprint density at radius 3 is 2.41 bits per heavy atom. The van der Waals surface area contributed by atoms with Gasteiger partial charge < -0.3 is 20.7 Å². The number of anilines is 1. The molecule has 0 spiro atoms. The molecule has 0 heterocycles. The Hall–Kier alpha value is -1.66. The maximum Gasteiger partial charge on any atom is 0.407 e. The lowest BCUT2D eigenvalue weighted by Gasteiger charge is -2.19. The van der Waals surface area contributed by atoms with Gasteiger partial charge in [-0.1, -0.05) is 29.3 Å². The Labute approximate surface area is 139 Å². The Bertz CT molecular complexity index is 545. The van der Waals surface area contributed by atoms with Crippen molar-refractivity contribution in [2.75, 3.05) is 18.4 Å². The van der Waals surface area contributed by atoms with Crippen LogP contribution in [0.5, 0.6) is 0 Å². The van der Waals surface area contributed by atoms with Crippen LogP contribution in [-0.4, -0.2) is 30.8 Å². The summed E-state index contributed by atoms with van der Waals surface area (Å²) < 4.78 is 5.06. The number of hydrogen-bond acceptors (Lipinski definition) is 3. The summed E-state index contributed by atoms with van der Waals surface area (Å²) in [4.78, 5) is 23.1. The third-order valence-electron chi connectivity index (χ3n) is 2.28. The molecular weight excluding hydrogens is 329 g/mol. The number of rotatable bonds is 4. The van der Waals surface area contributed by atoms with Gasteiger partial charge in [-0.05, 0) is 32.9 Å². The second-order valence-corrected chi connectivity index (χ2v) is 6.20. The lowest BCUT2D eigenvalue weighted by Crippen LogP contribution is -2.39. The summed E-state index contributed by atoms with van der Waals surface area (Å²) in [6.07, 6.45) is -0.535. The summed E-state index contributed by atoms with van der Waals surface area (Å²) in [7, 11) is 0. The summed E-state index contributed by atoms with van der Waals surface area (Å²) in [5, 5.41) is 8.29. The van der Waals surface area contributed by atoms with Crippen molar-refractivity contribution in [2.45, 2.75) is 26.4 Å². The quantitative estimate of drug-likeness (QED) is 0.727. The van der Waals surface area contributed by atoms with Crippen LogP contribution in [0.1, 0.15) is 20.8 Å². The first-order valence-corrected chi connectivity index (χ1v) is 7.40. The van der Waals surface area contributed by atoms with Gasteiger partial charge >= 0.3 is 12.1 Å². The predicted molar refractivity (Wildman–Crippen MR) is 87.7 cm³/mol. The number of ether oxygens (including phenoxy) is 1. The fraction of sp³-hybridized carbons (Fsp3) is 0.429. The number of carbonyl (C=O) groups excluding carboxylic acids is 2. The average molecular weight is 348 g/mol. The van der Waals surface area contributed by atoms with Crippen LogP contribution in [0.4, 0.5) is 15.3 Å². The van der Waals surface area contributed by atoms with Crippen LogP contribution in [0.15, 0.2) is 18.2 Å². The Morgan fingerprint density at radius 1 is 1.14 bits per heavy atom. The zero-order valence-corrected chi connectivity index (χ0v) is 14.1. The number of nitrogens with one attached hydrogen (secondary N) is 3. The van der Waals surface area contributed by atoms with Crippen LogP contribution in [0, 0.1) is 0 Å². The molecule has 0 atom stereocenters. The van der Waals surface area contributed by atoms with Crippen molar-refractivity contribution in [1.82, 2.24) is 10.6 Å². The molecule has 0 aliphatic carbocycles. The van der Waals surface area contributed by atoms with Crippen LogP contribution >= 0.6 is 23.2 Å². The van der Waals surface area contributed by atoms with Crippen LogP contribution in [-0.2, 0) is 4.74 Å². The zero-order valence-electron chi connectivity index (χ0n) is 12.6. The molecule has 22 heavy (non-hydrogen) atoms. The second kappa shape index (κ2) is 8.10. The van der Waals surface area contributed by atoms with Crippen LogP contribution in [0.25, 0.3) is 0 Å². The van der Waals surface area contributed by atoms with Gasteiger partial charge in [0.2, 0.25) is 0 Å². The van der Waals surface area contributed by atoms with Gasteiger partial charge in [0.25, 0.3) is 0 Å². The van der Waals surface area contributed by atoms with E-state index in [1.54, 1.807) is 39.0 Å². The molecule has 0 radical (unpaired) electrons. The van der Waals surface area contributed by atoms with E-state index in [1.165, 1.54) is 0 Å². The molecule has 6 nitrogen and oxygen atoms in total. The molecule has 0 aromatic heterocycles. The van der Waals surface area contributed by atoms with Gasteiger partial charge in [-0.25, -0.2) is 9.59 Å². The molecule has 0 bridgehead atoms. The number of alkyl carbamates (subject to hydrolysis) is 1. The Kier molecular flexibility index (Phi) is 6.77. The van der Waals surface area contributed by atoms with Gasteiger partial charge in [0, 0.05) is 13.1 Å². The topological polar surface area (TPSA) is 79.5 Å². The fourth-order valence-corrected chi connectivity index (χ4v) is 1.77. The smallest absolute Gasteiger partial charge is 0.407 e. The highest BCUT2D eigenvalue weighted by molar-refractivity contribution is 6.43. The van der Waals surface area contributed by atoms with E-state index in [-0.39, 0.29) is 18.1 Å². The highest BCUT2D eigenvalue weighted by Gasteiger charge is 2.15. The number of benzene rings is 1. The third-order valence-corrected chi connectivity index (χ3v) is 3.10. The maximum atomic E-state index is 11.7. The standard InChI is InChI=1S/C14H19Cl2N3O3/c1-14(2,3)22-13(21)18-8-7-17-12(20)19-10-6-4-5-9(15)11(10)16/h4-6H,7-8H2,1-3H3,(H,18,21)(H2,17,19,20). The Balaban J connectivity index is 2.30. The molecule has 0 saturated heterocycles. The van der Waals surface area contributed by atoms with Gasteiger partial charge in [-0.3, -0.25) is 0 Å². The van der Waals surface area contributed by atoms with E-state index in [4.69, 9.17) is 27.9 Å². The monoisotopic (exact) mass is 347 g/mol. The molecule has 0 aliphatic rings. The number of urea groups is 1. The van der Waals surface area contributed by atoms with Crippen molar-refractivity contribution in [1.29, 1.82) is 0 Å². The SMILES string of the molecule is CC(C)(C)OC(=O)NCCNC(=O)Nc1cccc(Cl)c1Cl. The van der Waals surface area contributed by atoms with Gasteiger partial charge in [0.15, 0.2) is 0 Å². The molecule has 0 fully saturated rings. The summed E-state index contributed by atoms with van der Waals surface area (Å²) >= 11 is 11.8. The van der Waals surface area contributed by atoms with Crippen molar-refractivity contribution in [3.05, 3.63) is 28.2 Å². The van der Waals surface area contributed by atoms with E-state index in [0.29, 0.717) is 10.7 Å². The molecule has 1 aromatic rings. The number of halogens is 2. The van der Waals surface area contributed by atoms with Gasteiger partial charge in [-0.2, -0.15) is 0 Å². The first-order valence-electron chi connectivity index (χ1n) is 6.65. The zero-order chi connectivity index (χ0) is 16.8. The minimum Gasteiger partial charge on any atom is -0.444 e. The fourth-order valence-electron chi connectivity index (χ4n) is 1.42. The molecule has 8 heteroatoms. The molecule has 1 rings (SSSR count). The van der Waals surface area contributed by atoms with E-state index in [1.807, 2.05) is 0 Å². The van der Waals surface area contributed by atoms with Crippen LogP contribution < -0.4 is 16.0 Å². The first kappa shape index (κ1) is 18.4. The van der Waals surface area contributed by atoms with E-state index < -0.39 is 17.7 Å². The molecule has 122 valence electrons. The average Bonchev–Trinajstić information content (AvgIpc) is 2.38. The van der Waals surface area contributed by atoms with Crippen molar-refractivity contribution >= 4 is 41.0 Å². The Morgan fingerprint density at radius 2 is 1.77 bits per heavy atom. The van der Waals surface area contributed by atoms with E-state index in [9.17, 15) is 9.59 Å². The summed E-state index contributed by atoms with van der Waals surface area (Å²) in [6, 6.07) is 4.48. The van der Waals surface area contributed by atoms with Gasteiger partial charge in [0.05, 0.1) is 15.7 Å². The summed E-state index contributed by atoms with van der Waals surface area (Å²) in [5.41, 5.74) is -0.148. The lowest BCUT2D eigenvalue weighted by atomic mass is 10.2. The largest absolute Gasteiger partial charge is 0.444 e. The predicted octanol–water partition coefficient (Wildman–Crippen LogP) is 3.64. The van der Waals surface area contributed by atoms with E-state index >= 15 is 0 Å². The van der Waals surface area contributed by atoms with Gasteiger partial charge in [-0.15, -0.1) is 0 Å². The third kappa shape index (κ3) is 6.87. The molecule has 0 saturated carbocycles.